The first kappa shape index (κ1) is 16.4. The van der Waals surface area contributed by atoms with Crippen molar-refractivity contribution >= 4 is 32.0 Å². The van der Waals surface area contributed by atoms with E-state index in [2.05, 4.69) is 19.9 Å². The standard InChI is InChI=1S/C17H21N5O2S/c1-3-8-25(23,24)22-7-5-12(10-22)16-15-13-4-6-18-17(13)19-9-14(15)20-11(2)21-16/h4,6,9,12H,3,5,7-8,10H2,1-2H3,(H,20,21). The second-order valence-electron chi connectivity index (χ2n) is 6.60. The minimum absolute atomic E-state index is 0.122. The third-order valence-corrected chi connectivity index (χ3v) is 6.84. The van der Waals surface area contributed by atoms with E-state index >= 15 is 0 Å². The monoisotopic (exact) mass is 359 g/mol. The molecule has 3 aromatic rings. The molecule has 0 aromatic carbocycles. The SMILES string of the molecule is CCCS(=O)(=O)N1CCC(c2[nH]c(C)nc3cnc4nccc4c23)C1. The molecule has 1 N–H and O–H groups in total. The number of sulfonamides is 1. The van der Waals surface area contributed by atoms with E-state index in [0.29, 0.717) is 25.2 Å². The Hall–Kier alpha value is -2.06. The summed E-state index contributed by atoms with van der Waals surface area (Å²) in [5, 5.41) is 1.97. The predicted molar refractivity (Wildman–Crippen MR) is 96.9 cm³/mol. The van der Waals surface area contributed by atoms with Crippen LogP contribution in [0.4, 0.5) is 0 Å². The van der Waals surface area contributed by atoms with Gasteiger partial charge in [-0.05, 0) is 25.8 Å². The van der Waals surface area contributed by atoms with Crippen LogP contribution in [0.2, 0.25) is 0 Å². The second kappa shape index (κ2) is 6.03. The highest BCUT2D eigenvalue weighted by molar-refractivity contribution is 7.89. The number of nitrogens with one attached hydrogen (secondary N) is 1. The molecule has 25 heavy (non-hydrogen) atoms. The number of hydrogen-bond acceptors (Lipinski definition) is 5. The van der Waals surface area contributed by atoms with Crippen molar-refractivity contribution in [2.24, 2.45) is 0 Å². The van der Waals surface area contributed by atoms with Gasteiger partial charge in [0.15, 0.2) is 5.65 Å². The Morgan fingerprint density at radius 3 is 3.00 bits per heavy atom. The van der Waals surface area contributed by atoms with Gasteiger partial charge in [-0.1, -0.05) is 6.92 Å². The summed E-state index contributed by atoms with van der Waals surface area (Å²) in [7, 11) is -3.17. The molecule has 0 bridgehead atoms. The van der Waals surface area contributed by atoms with Crippen LogP contribution in [0.3, 0.4) is 0 Å². The lowest BCUT2D eigenvalue weighted by Gasteiger charge is -2.17. The van der Waals surface area contributed by atoms with Gasteiger partial charge in [0, 0.05) is 41.7 Å². The lowest BCUT2D eigenvalue weighted by atomic mass is 9.99. The van der Waals surface area contributed by atoms with Crippen LogP contribution < -0.4 is 0 Å². The van der Waals surface area contributed by atoms with Crippen molar-refractivity contribution in [2.45, 2.75) is 32.6 Å². The zero-order chi connectivity index (χ0) is 17.6. The van der Waals surface area contributed by atoms with Crippen LogP contribution in [0.5, 0.6) is 0 Å². The molecule has 1 aliphatic rings. The molecule has 1 unspecified atom stereocenters. The fourth-order valence-corrected chi connectivity index (χ4v) is 5.26. The van der Waals surface area contributed by atoms with E-state index < -0.39 is 10.0 Å². The number of aromatic amines is 1. The van der Waals surface area contributed by atoms with Gasteiger partial charge in [0.1, 0.15) is 5.82 Å². The van der Waals surface area contributed by atoms with Crippen LogP contribution in [0.1, 0.15) is 37.2 Å². The summed E-state index contributed by atoms with van der Waals surface area (Å²) in [5.41, 5.74) is 2.56. The van der Waals surface area contributed by atoms with Gasteiger partial charge in [-0.15, -0.1) is 0 Å². The molecule has 1 fully saturated rings. The van der Waals surface area contributed by atoms with Crippen LogP contribution in [-0.2, 0) is 10.0 Å². The number of rotatable bonds is 4. The highest BCUT2D eigenvalue weighted by Gasteiger charge is 2.33. The Kier molecular flexibility index (Phi) is 3.96. The minimum atomic E-state index is -3.17. The summed E-state index contributed by atoms with van der Waals surface area (Å²) in [6, 6.07) is 1.94. The van der Waals surface area contributed by atoms with E-state index in [4.69, 9.17) is 0 Å². The summed E-state index contributed by atoms with van der Waals surface area (Å²) in [6.45, 7) is 4.88. The Balaban J connectivity index is 1.81. The average molecular weight is 359 g/mol. The van der Waals surface area contributed by atoms with Crippen molar-refractivity contribution < 1.29 is 8.42 Å². The van der Waals surface area contributed by atoms with E-state index in [1.54, 1.807) is 16.7 Å². The number of fused-ring (bicyclic) bond motifs is 3. The number of H-pyrrole nitrogens is 1. The second-order valence-corrected chi connectivity index (χ2v) is 8.68. The van der Waals surface area contributed by atoms with Crippen LogP contribution in [0.15, 0.2) is 18.5 Å². The number of hydrogen-bond donors (Lipinski definition) is 1. The number of aromatic nitrogens is 4. The Morgan fingerprint density at radius 2 is 2.20 bits per heavy atom. The topological polar surface area (TPSA) is 91.8 Å². The first-order valence-corrected chi connectivity index (χ1v) is 10.2. The minimum Gasteiger partial charge on any atom is -0.347 e. The number of nitrogens with zero attached hydrogens (tertiary/aromatic N) is 4. The van der Waals surface area contributed by atoms with E-state index in [-0.39, 0.29) is 11.7 Å². The number of pyridine rings is 1. The zero-order valence-corrected chi connectivity index (χ0v) is 15.2. The molecule has 0 aliphatic carbocycles. The quantitative estimate of drug-likeness (QED) is 0.772. The van der Waals surface area contributed by atoms with Gasteiger partial charge in [0.25, 0.3) is 0 Å². The fourth-order valence-electron chi connectivity index (χ4n) is 3.69. The summed E-state index contributed by atoms with van der Waals surface area (Å²) >= 11 is 0. The first-order chi connectivity index (χ1) is 12.0. The molecule has 4 rings (SSSR count). The lowest BCUT2D eigenvalue weighted by Crippen LogP contribution is -2.30. The third-order valence-electron chi connectivity index (χ3n) is 4.80. The Labute approximate surface area is 146 Å². The highest BCUT2D eigenvalue weighted by atomic mass is 32.2. The van der Waals surface area contributed by atoms with Crippen LogP contribution in [0, 0.1) is 6.92 Å². The average Bonchev–Trinajstić information content (AvgIpc) is 3.23. The van der Waals surface area contributed by atoms with E-state index in [9.17, 15) is 8.42 Å². The molecular weight excluding hydrogens is 338 g/mol. The first-order valence-electron chi connectivity index (χ1n) is 8.57. The highest BCUT2D eigenvalue weighted by Crippen LogP contribution is 2.34. The fraction of sp³-hybridized carbons (Fsp3) is 0.471. The molecule has 0 amide bonds. The smallest absolute Gasteiger partial charge is 0.214 e. The number of aryl methyl sites for hydroxylation is 1. The van der Waals surface area contributed by atoms with E-state index in [0.717, 1.165) is 34.2 Å². The molecule has 0 saturated carbocycles. The van der Waals surface area contributed by atoms with Crippen LogP contribution in [-0.4, -0.2) is 51.5 Å². The Bertz CT molecular complexity index is 1040. The van der Waals surface area contributed by atoms with Gasteiger partial charge < -0.3 is 4.98 Å². The molecule has 1 atom stereocenters. The molecule has 3 aromatic heterocycles. The largest absolute Gasteiger partial charge is 0.347 e. The maximum Gasteiger partial charge on any atom is 0.214 e. The van der Waals surface area contributed by atoms with E-state index in [1.165, 1.54) is 0 Å². The maximum absolute atomic E-state index is 12.4. The molecule has 132 valence electrons. The van der Waals surface area contributed by atoms with Gasteiger partial charge in [-0.25, -0.2) is 27.7 Å². The molecule has 1 saturated heterocycles. The van der Waals surface area contributed by atoms with Crippen LogP contribution >= 0.6 is 0 Å². The normalized spacial score (nSPS) is 19.2. The molecule has 7 nitrogen and oxygen atoms in total. The van der Waals surface area contributed by atoms with Crippen LogP contribution in [0.25, 0.3) is 21.9 Å². The maximum atomic E-state index is 12.4. The molecule has 4 heterocycles. The van der Waals surface area contributed by atoms with Gasteiger partial charge in [0.2, 0.25) is 10.0 Å². The van der Waals surface area contributed by atoms with Crippen molar-refractivity contribution in [2.75, 3.05) is 18.8 Å². The summed E-state index contributed by atoms with van der Waals surface area (Å²) in [6.07, 6.45) is 4.93. The van der Waals surface area contributed by atoms with Gasteiger partial charge in [0.05, 0.1) is 17.5 Å². The Morgan fingerprint density at radius 1 is 1.36 bits per heavy atom. The molecule has 0 spiro atoms. The molecule has 1 aliphatic heterocycles. The summed E-state index contributed by atoms with van der Waals surface area (Å²) in [5.74, 6) is 1.13. The third kappa shape index (κ3) is 2.79. The van der Waals surface area contributed by atoms with Gasteiger partial charge in [-0.2, -0.15) is 0 Å². The van der Waals surface area contributed by atoms with Gasteiger partial charge >= 0.3 is 0 Å². The van der Waals surface area contributed by atoms with E-state index in [1.807, 2.05) is 19.9 Å². The van der Waals surface area contributed by atoms with Crippen molar-refractivity contribution in [1.82, 2.24) is 24.2 Å². The van der Waals surface area contributed by atoms with Crippen molar-refractivity contribution in [3.63, 3.8) is 0 Å². The zero-order valence-electron chi connectivity index (χ0n) is 14.4. The molecule has 0 radical (unpaired) electrons. The summed E-state index contributed by atoms with van der Waals surface area (Å²) in [4.78, 5) is 16.6. The summed E-state index contributed by atoms with van der Waals surface area (Å²) < 4.78 is 26.4. The van der Waals surface area contributed by atoms with Crippen molar-refractivity contribution in [1.29, 1.82) is 0 Å². The molecular formula is C17H21N5O2S. The lowest BCUT2D eigenvalue weighted by molar-refractivity contribution is 0.471. The molecule has 8 heteroatoms. The van der Waals surface area contributed by atoms with Crippen molar-refractivity contribution in [3.05, 3.63) is 30.0 Å². The predicted octanol–water partition coefficient (Wildman–Crippen LogP) is 2.34. The van der Waals surface area contributed by atoms with Crippen molar-refractivity contribution in [3.8, 4) is 0 Å². The van der Waals surface area contributed by atoms with Gasteiger partial charge in [-0.3, -0.25) is 0 Å².